The molecule has 0 N–H and O–H groups in total. The first-order valence-corrected chi connectivity index (χ1v) is 12.2. The number of likely N-dealkylation sites (N-methyl/N-ethyl adjacent to an activating group) is 1. The van der Waals surface area contributed by atoms with Crippen LogP contribution in [0, 0.1) is 11.0 Å². The molecule has 1 heterocycles. The first-order valence-electron chi connectivity index (χ1n) is 11.4. The van der Waals surface area contributed by atoms with Gasteiger partial charge in [0.05, 0.1) is 0 Å². The molecule has 0 radical (unpaired) electrons. The first kappa shape index (κ1) is 26.0. The minimum atomic E-state index is -0.316. The van der Waals surface area contributed by atoms with Crippen LogP contribution >= 0.6 is 11.3 Å². The minimum Gasteiger partial charge on any atom is -0.336 e. The van der Waals surface area contributed by atoms with Crippen molar-refractivity contribution < 1.29 is 9.18 Å². The maximum absolute atomic E-state index is 13.3. The molecule has 174 valence electrons. The van der Waals surface area contributed by atoms with Gasteiger partial charge in [-0.2, -0.15) is 4.39 Å². The first-order chi connectivity index (χ1) is 15.0. The molecule has 0 bridgehead atoms. The van der Waals surface area contributed by atoms with Crippen molar-refractivity contribution in [3.63, 3.8) is 0 Å². The summed E-state index contributed by atoms with van der Waals surface area (Å²) in [5, 5.41) is -0.261. The highest BCUT2D eigenvalue weighted by molar-refractivity contribution is 7.12. The molecular formula is C27H37FN2OS. The van der Waals surface area contributed by atoms with Crippen LogP contribution < -0.4 is 0 Å². The molecule has 0 atom stereocenters. The van der Waals surface area contributed by atoms with Crippen molar-refractivity contribution in [2.45, 2.75) is 72.8 Å². The zero-order valence-electron chi connectivity index (χ0n) is 20.5. The van der Waals surface area contributed by atoms with Crippen molar-refractivity contribution >= 4 is 23.5 Å². The summed E-state index contributed by atoms with van der Waals surface area (Å²) in [4.78, 5) is 19.9. The molecule has 1 amide bonds. The van der Waals surface area contributed by atoms with Gasteiger partial charge in [0, 0.05) is 23.7 Å². The fourth-order valence-electron chi connectivity index (χ4n) is 3.38. The molecule has 0 aliphatic carbocycles. The number of nitrogens with zero attached hydrogens (tertiary/aromatic N) is 2. The lowest BCUT2D eigenvalue weighted by Gasteiger charge is -2.32. The van der Waals surface area contributed by atoms with E-state index in [2.05, 4.69) is 44.0 Å². The van der Waals surface area contributed by atoms with Gasteiger partial charge in [-0.15, -0.1) is 11.3 Å². The molecule has 5 heteroatoms. The summed E-state index contributed by atoms with van der Waals surface area (Å²) in [6, 6.07) is 9.83. The van der Waals surface area contributed by atoms with Gasteiger partial charge in [0.1, 0.15) is 5.70 Å². The lowest BCUT2D eigenvalue weighted by Crippen LogP contribution is -2.43. The van der Waals surface area contributed by atoms with E-state index in [1.54, 1.807) is 24.2 Å². The zero-order valence-corrected chi connectivity index (χ0v) is 21.4. The van der Waals surface area contributed by atoms with E-state index in [0.717, 1.165) is 30.6 Å². The number of thiophene rings is 1. The van der Waals surface area contributed by atoms with E-state index in [0.29, 0.717) is 22.9 Å². The Morgan fingerprint density at radius 2 is 1.91 bits per heavy atom. The molecular weight excluding hydrogens is 419 g/mol. The molecule has 32 heavy (non-hydrogen) atoms. The Balaban J connectivity index is 2.21. The summed E-state index contributed by atoms with van der Waals surface area (Å²) in [7, 11) is 1.79. The van der Waals surface area contributed by atoms with Crippen LogP contribution in [-0.2, 0) is 24.1 Å². The lowest BCUT2D eigenvalue weighted by atomic mass is 9.94. The van der Waals surface area contributed by atoms with Crippen molar-refractivity contribution in [3.8, 4) is 0 Å². The van der Waals surface area contributed by atoms with E-state index in [4.69, 9.17) is 0 Å². The standard InChI is InChI=1S/C27H37FN2OS/c1-8-21-17-20(12-13-22(21)16-19(2)3)10-9-11-24(26(31)30(7)27(4,5)6)29-18-23-14-15-25(28)32-23/h11-15,17-19H,8-10,16H2,1-7H3/b24-11+,29-18?. The summed E-state index contributed by atoms with van der Waals surface area (Å²) >= 11 is 1.02. The van der Waals surface area contributed by atoms with Gasteiger partial charge in [-0.1, -0.05) is 45.0 Å². The third-order valence-electron chi connectivity index (χ3n) is 5.51. The largest absolute Gasteiger partial charge is 0.336 e. The molecule has 0 unspecified atom stereocenters. The Kier molecular flexibility index (Phi) is 9.38. The van der Waals surface area contributed by atoms with Gasteiger partial charge in [0.25, 0.3) is 5.91 Å². The van der Waals surface area contributed by atoms with E-state index in [9.17, 15) is 9.18 Å². The number of aliphatic imine (C=N–C) groups is 1. The molecule has 0 saturated heterocycles. The van der Waals surface area contributed by atoms with Crippen LogP contribution in [0.25, 0.3) is 0 Å². The summed E-state index contributed by atoms with van der Waals surface area (Å²) in [6.07, 6.45) is 7.14. The highest BCUT2D eigenvalue weighted by Gasteiger charge is 2.24. The maximum Gasteiger partial charge on any atom is 0.272 e. The number of amides is 1. The normalized spacial score (nSPS) is 12.7. The molecule has 0 fully saturated rings. The molecule has 3 nitrogen and oxygen atoms in total. The van der Waals surface area contributed by atoms with Crippen LogP contribution in [-0.4, -0.2) is 29.6 Å². The summed E-state index contributed by atoms with van der Waals surface area (Å²) < 4.78 is 13.3. The topological polar surface area (TPSA) is 32.7 Å². The third kappa shape index (κ3) is 7.70. The van der Waals surface area contributed by atoms with Gasteiger partial charge < -0.3 is 4.90 Å². The number of aryl methyl sites for hydroxylation is 2. The Labute approximate surface area is 197 Å². The van der Waals surface area contributed by atoms with E-state index in [-0.39, 0.29) is 16.6 Å². The van der Waals surface area contributed by atoms with Gasteiger partial charge in [0.15, 0.2) is 5.13 Å². The number of allylic oxidation sites excluding steroid dienone is 1. The highest BCUT2D eigenvalue weighted by Crippen LogP contribution is 2.20. The second-order valence-corrected chi connectivity index (χ2v) is 10.7. The molecule has 0 saturated carbocycles. The van der Waals surface area contributed by atoms with Gasteiger partial charge in [-0.3, -0.25) is 4.79 Å². The minimum absolute atomic E-state index is 0.132. The number of benzene rings is 1. The summed E-state index contributed by atoms with van der Waals surface area (Å²) in [6.45, 7) is 12.7. The van der Waals surface area contributed by atoms with Crippen molar-refractivity contribution in [1.29, 1.82) is 0 Å². The second-order valence-electron chi connectivity index (χ2n) is 9.62. The third-order valence-corrected chi connectivity index (χ3v) is 6.31. The van der Waals surface area contributed by atoms with E-state index >= 15 is 0 Å². The van der Waals surface area contributed by atoms with E-state index in [1.165, 1.54) is 22.8 Å². The van der Waals surface area contributed by atoms with Gasteiger partial charge in [-0.25, -0.2) is 4.99 Å². The fourth-order valence-corrected chi connectivity index (χ4v) is 3.98. The van der Waals surface area contributed by atoms with Crippen LogP contribution in [0.5, 0.6) is 0 Å². The smallest absolute Gasteiger partial charge is 0.272 e. The quantitative estimate of drug-likeness (QED) is 0.300. The van der Waals surface area contributed by atoms with Crippen LogP contribution in [0.4, 0.5) is 4.39 Å². The second kappa shape index (κ2) is 11.6. The van der Waals surface area contributed by atoms with Crippen LogP contribution in [0.1, 0.15) is 69.5 Å². The number of halogens is 1. The van der Waals surface area contributed by atoms with Crippen molar-refractivity contribution in [1.82, 2.24) is 4.90 Å². The molecule has 0 aliphatic rings. The molecule has 0 spiro atoms. The average molecular weight is 457 g/mol. The van der Waals surface area contributed by atoms with Gasteiger partial charge in [0.2, 0.25) is 0 Å². The van der Waals surface area contributed by atoms with Crippen molar-refractivity contribution in [2.75, 3.05) is 7.05 Å². The number of hydrogen-bond donors (Lipinski definition) is 0. The molecule has 2 aromatic rings. The summed E-state index contributed by atoms with van der Waals surface area (Å²) in [5.74, 6) is 0.504. The Morgan fingerprint density at radius 3 is 2.47 bits per heavy atom. The van der Waals surface area contributed by atoms with Crippen molar-refractivity contribution in [3.05, 3.63) is 68.8 Å². The number of hydrogen-bond acceptors (Lipinski definition) is 3. The highest BCUT2D eigenvalue weighted by atomic mass is 32.1. The number of rotatable bonds is 9. The van der Waals surface area contributed by atoms with Crippen LogP contribution in [0.2, 0.25) is 0 Å². The van der Waals surface area contributed by atoms with Crippen molar-refractivity contribution in [2.24, 2.45) is 10.9 Å². The number of carbonyl (C=O) groups is 1. The maximum atomic E-state index is 13.3. The van der Waals surface area contributed by atoms with E-state index < -0.39 is 0 Å². The Bertz CT molecular complexity index is 966. The fraction of sp³-hybridized carbons (Fsp3) is 0.481. The Hall–Kier alpha value is -2.27. The Morgan fingerprint density at radius 1 is 1.19 bits per heavy atom. The number of carbonyl (C=O) groups excluding carboxylic acids is 1. The zero-order chi connectivity index (χ0) is 23.9. The van der Waals surface area contributed by atoms with Gasteiger partial charge in [-0.05, 0) is 81.2 Å². The molecule has 2 rings (SSSR count). The lowest BCUT2D eigenvalue weighted by molar-refractivity contribution is -0.129. The predicted octanol–water partition coefficient (Wildman–Crippen LogP) is 6.84. The molecule has 1 aromatic heterocycles. The molecule has 0 aliphatic heterocycles. The summed E-state index contributed by atoms with van der Waals surface area (Å²) in [5.41, 5.74) is 4.18. The van der Waals surface area contributed by atoms with Crippen LogP contribution in [0.3, 0.4) is 0 Å². The SMILES string of the molecule is CCc1cc(CC/C=C(/N=Cc2ccc(F)s2)C(=O)N(C)C(C)(C)C)ccc1CC(C)C. The monoisotopic (exact) mass is 456 g/mol. The van der Waals surface area contributed by atoms with Crippen LogP contribution in [0.15, 0.2) is 47.1 Å². The molecule has 1 aromatic carbocycles. The van der Waals surface area contributed by atoms with Gasteiger partial charge >= 0.3 is 0 Å². The predicted molar refractivity (Wildman–Crippen MR) is 135 cm³/mol. The average Bonchev–Trinajstić information content (AvgIpc) is 3.14. The van der Waals surface area contributed by atoms with E-state index in [1.807, 2.05) is 26.8 Å².